The Kier molecular flexibility index (Phi) is 2.63. The molecule has 0 bridgehead atoms. The Morgan fingerprint density at radius 2 is 2.42 bits per heavy atom. The van der Waals surface area contributed by atoms with Crippen molar-refractivity contribution in [2.24, 2.45) is 5.92 Å². The third kappa shape index (κ3) is 1.72. The molecule has 0 N–H and O–H groups in total. The van der Waals surface area contributed by atoms with E-state index < -0.39 is 0 Å². The van der Waals surface area contributed by atoms with Crippen LogP contribution in [0.3, 0.4) is 0 Å². The second-order valence-corrected chi connectivity index (χ2v) is 2.76. The summed E-state index contributed by atoms with van der Waals surface area (Å²) in [5, 5.41) is 8.62. The van der Waals surface area contributed by atoms with Crippen LogP contribution in [0.4, 0.5) is 0 Å². The summed E-state index contributed by atoms with van der Waals surface area (Å²) < 4.78 is 0. The number of rotatable bonds is 1. The first-order valence-corrected chi connectivity index (χ1v) is 3.78. The van der Waals surface area contributed by atoms with Crippen LogP contribution < -0.4 is 0 Å². The monoisotopic (exact) mass is 159 g/mol. The van der Waals surface area contributed by atoms with Gasteiger partial charge in [0.25, 0.3) is 0 Å². The minimum absolute atomic E-state index is 0.113. The van der Waals surface area contributed by atoms with Gasteiger partial charge in [0.2, 0.25) is 0 Å². The Morgan fingerprint density at radius 1 is 1.67 bits per heavy atom. The lowest BCUT2D eigenvalue weighted by Gasteiger charge is -2.10. The van der Waals surface area contributed by atoms with E-state index in [1.807, 2.05) is 18.9 Å². The fourth-order valence-corrected chi connectivity index (χ4v) is 1.08. The van der Waals surface area contributed by atoms with Crippen LogP contribution >= 0.6 is 0 Å². The molecule has 2 heteroatoms. The molecule has 0 spiro atoms. The van der Waals surface area contributed by atoms with E-state index in [0.717, 1.165) is 5.57 Å². The van der Waals surface area contributed by atoms with Gasteiger partial charge in [0.15, 0.2) is 0 Å². The van der Waals surface area contributed by atoms with Gasteiger partial charge in [0.1, 0.15) is 5.94 Å². The molecule has 0 amide bonds. The van der Waals surface area contributed by atoms with Gasteiger partial charge in [-0.05, 0) is 18.6 Å². The summed E-state index contributed by atoms with van der Waals surface area (Å²) in [6.45, 7) is 1.83. The quantitative estimate of drug-likeness (QED) is 0.547. The number of nitriles is 1. The smallest absolute Gasteiger partial charge is 0.128 e. The first kappa shape index (κ1) is 8.52. The first-order chi connectivity index (χ1) is 5.77. The molecule has 1 unspecified atom stereocenters. The van der Waals surface area contributed by atoms with Gasteiger partial charge in [-0.2, -0.15) is 5.26 Å². The standard InChI is InChI=1S/C10H9NO/c1-8(6-11)10-4-2-3-9(5-10)7-12/h2-4,8H,5H2,1H3. The zero-order valence-corrected chi connectivity index (χ0v) is 6.87. The maximum absolute atomic E-state index is 10.3. The highest BCUT2D eigenvalue weighted by Gasteiger charge is 2.11. The molecule has 60 valence electrons. The van der Waals surface area contributed by atoms with Crippen molar-refractivity contribution in [2.75, 3.05) is 0 Å². The topological polar surface area (TPSA) is 40.9 Å². The van der Waals surface area contributed by atoms with Gasteiger partial charge in [0, 0.05) is 12.0 Å². The predicted octanol–water partition coefficient (Wildman–Crippen LogP) is 1.79. The third-order valence-corrected chi connectivity index (χ3v) is 1.88. The molecule has 0 aromatic heterocycles. The zero-order chi connectivity index (χ0) is 8.97. The largest absolute Gasteiger partial charge is 0.233 e. The number of allylic oxidation sites excluding steroid dienone is 5. The average molecular weight is 159 g/mol. The van der Waals surface area contributed by atoms with Gasteiger partial charge in [-0.3, -0.25) is 0 Å². The van der Waals surface area contributed by atoms with E-state index in [1.165, 1.54) is 0 Å². The molecular weight excluding hydrogens is 150 g/mol. The normalized spacial score (nSPS) is 17.7. The van der Waals surface area contributed by atoms with Crippen molar-refractivity contribution < 1.29 is 4.79 Å². The van der Waals surface area contributed by atoms with E-state index in [2.05, 4.69) is 6.07 Å². The van der Waals surface area contributed by atoms with Gasteiger partial charge in [-0.1, -0.05) is 12.2 Å². The Morgan fingerprint density at radius 3 is 3.00 bits per heavy atom. The average Bonchev–Trinajstić information content (AvgIpc) is 2.17. The van der Waals surface area contributed by atoms with Crippen LogP contribution in [0, 0.1) is 17.2 Å². The van der Waals surface area contributed by atoms with Crippen molar-refractivity contribution in [3.05, 3.63) is 29.4 Å². The molecule has 1 atom stereocenters. The van der Waals surface area contributed by atoms with Gasteiger partial charge in [0.05, 0.1) is 12.0 Å². The van der Waals surface area contributed by atoms with E-state index in [0.29, 0.717) is 12.0 Å². The highest BCUT2D eigenvalue weighted by atomic mass is 16.1. The van der Waals surface area contributed by atoms with Crippen molar-refractivity contribution in [3.8, 4) is 6.07 Å². The summed E-state index contributed by atoms with van der Waals surface area (Å²) in [6.07, 6.45) is 5.96. The second-order valence-electron chi connectivity index (χ2n) is 2.76. The van der Waals surface area contributed by atoms with Crippen molar-refractivity contribution >= 4 is 5.94 Å². The van der Waals surface area contributed by atoms with Crippen LogP contribution in [-0.4, -0.2) is 5.94 Å². The Labute approximate surface area is 71.5 Å². The van der Waals surface area contributed by atoms with Crippen molar-refractivity contribution in [3.63, 3.8) is 0 Å². The molecular formula is C10H9NO. The van der Waals surface area contributed by atoms with E-state index in [1.54, 1.807) is 12.2 Å². The molecule has 12 heavy (non-hydrogen) atoms. The maximum Gasteiger partial charge on any atom is 0.128 e. The molecule has 2 nitrogen and oxygen atoms in total. The number of nitrogens with zero attached hydrogens (tertiary/aromatic N) is 1. The Balaban J connectivity index is 2.84. The molecule has 0 aliphatic heterocycles. The van der Waals surface area contributed by atoms with Crippen LogP contribution in [0.25, 0.3) is 0 Å². The fraction of sp³-hybridized carbons (Fsp3) is 0.300. The third-order valence-electron chi connectivity index (χ3n) is 1.88. The SMILES string of the molecule is CC(C#N)C1=CC=CC(=C=O)C1. The Hall–Kier alpha value is -1.58. The molecule has 0 saturated heterocycles. The van der Waals surface area contributed by atoms with E-state index in [-0.39, 0.29) is 5.92 Å². The van der Waals surface area contributed by atoms with Gasteiger partial charge < -0.3 is 0 Å². The summed E-state index contributed by atoms with van der Waals surface area (Å²) in [5.74, 6) is 1.73. The van der Waals surface area contributed by atoms with E-state index in [4.69, 9.17) is 5.26 Å². The van der Waals surface area contributed by atoms with Crippen LogP contribution in [-0.2, 0) is 4.79 Å². The lowest BCUT2D eigenvalue weighted by atomic mass is 9.92. The summed E-state index contributed by atoms with van der Waals surface area (Å²) in [4.78, 5) is 10.3. The summed E-state index contributed by atoms with van der Waals surface area (Å²) in [7, 11) is 0. The van der Waals surface area contributed by atoms with Crippen LogP contribution in [0.5, 0.6) is 0 Å². The van der Waals surface area contributed by atoms with E-state index in [9.17, 15) is 4.79 Å². The number of hydrogen-bond donors (Lipinski definition) is 0. The lowest BCUT2D eigenvalue weighted by Crippen LogP contribution is -2.00. The van der Waals surface area contributed by atoms with Crippen LogP contribution in [0.15, 0.2) is 29.4 Å². The lowest BCUT2D eigenvalue weighted by molar-refractivity contribution is 0.567. The molecule has 0 aromatic carbocycles. The molecule has 0 saturated carbocycles. The second kappa shape index (κ2) is 3.71. The first-order valence-electron chi connectivity index (χ1n) is 3.78. The summed E-state index contributed by atoms with van der Waals surface area (Å²) >= 11 is 0. The molecule has 0 radical (unpaired) electrons. The van der Waals surface area contributed by atoms with Crippen molar-refractivity contribution in [1.29, 1.82) is 5.26 Å². The highest BCUT2D eigenvalue weighted by Crippen LogP contribution is 2.21. The molecule has 0 aromatic rings. The molecule has 1 aliphatic carbocycles. The summed E-state index contributed by atoms with van der Waals surface area (Å²) in [6, 6.07) is 2.13. The van der Waals surface area contributed by atoms with Crippen molar-refractivity contribution in [1.82, 2.24) is 0 Å². The minimum Gasteiger partial charge on any atom is -0.233 e. The molecule has 1 rings (SSSR count). The van der Waals surface area contributed by atoms with Crippen LogP contribution in [0.1, 0.15) is 13.3 Å². The predicted molar refractivity (Wildman–Crippen MR) is 45.8 cm³/mol. The maximum atomic E-state index is 10.3. The molecule has 0 fully saturated rings. The fourth-order valence-electron chi connectivity index (χ4n) is 1.08. The van der Waals surface area contributed by atoms with Gasteiger partial charge >= 0.3 is 0 Å². The Bertz CT molecular complexity index is 324. The molecule has 0 heterocycles. The highest BCUT2D eigenvalue weighted by molar-refractivity contribution is 5.60. The number of carbonyl (C=O) groups excluding carboxylic acids is 1. The van der Waals surface area contributed by atoms with E-state index >= 15 is 0 Å². The van der Waals surface area contributed by atoms with Gasteiger partial charge in [-0.25, -0.2) is 4.79 Å². The van der Waals surface area contributed by atoms with Crippen LogP contribution in [0.2, 0.25) is 0 Å². The minimum atomic E-state index is -0.113. The molecule has 1 aliphatic rings. The van der Waals surface area contributed by atoms with Gasteiger partial charge in [-0.15, -0.1) is 0 Å². The number of hydrogen-bond acceptors (Lipinski definition) is 2. The zero-order valence-electron chi connectivity index (χ0n) is 6.87. The summed E-state index contributed by atoms with van der Waals surface area (Å²) in [5.41, 5.74) is 1.60. The van der Waals surface area contributed by atoms with Crippen molar-refractivity contribution in [2.45, 2.75) is 13.3 Å².